The predicted octanol–water partition coefficient (Wildman–Crippen LogP) is -0.529. The molecule has 0 aromatic rings. The minimum absolute atomic E-state index is 0.166. The summed E-state index contributed by atoms with van der Waals surface area (Å²) >= 11 is 0. The van der Waals surface area contributed by atoms with Crippen LogP contribution in [0.5, 0.6) is 0 Å². The molecule has 0 aliphatic carbocycles. The number of hydrogen-bond donors (Lipinski definition) is 2. The first-order valence-corrected chi connectivity index (χ1v) is 3.29. The van der Waals surface area contributed by atoms with E-state index >= 15 is 0 Å². The van der Waals surface area contributed by atoms with Crippen molar-refractivity contribution in [3.63, 3.8) is 0 Å². The summed E-state index contributed by atoms with van der Waals surface area (Å²) in [7, 11) is 0. The predicted molar refractivity (Wildman–Crippen MR) is 34.8 cm³/mol. The lowest BCUT2D eigenvalue weighted by Crippen LogP contribution is -2.37. The van der Waals surface area contributed by atoms with E-state index < -0.39 is 0 Å². The van der Waals surface area contributed by atoms with E-state index in [1.54, 1.807) is 0 Å². The number of nitrogens with two attached hydrogens (primary N) is 1. The molecule has 1 unspecified atom stereocenters. The molecule has 3 N–H and O–H groups in total. The van der Waals surface area contributed by atoms with Gasteiger partial charge in [0, 0.05) is 13.0 Å². The molecule has 9 heavy (non-hydrogen) atoms. The third-order valence-electron chi connectivity index (χ3n) is 1.70. The van der Waals surface area contributed by atoms with E-state index in [0.29, 0.717) is 18.9 Å². The Morgan fingerprint density at radius 1 is 1.78 bits per heavy atom. The minimum Gasteiger partial charge on any atom is -0.356 e. The molecule has 1 heterocycles. The summed E-state index contributed by atoms with van der Waals surface area (Å²) in [5.74, 6) is 0.683. The number of piperidine rings is 1. The Labute approximate surface area is 54.6 Å². The highest BCUT2D eigenvalue weighted by Gasteiger charge is 2.15. The standard InChI is InChI=1S/C6H12N2O/c7-3-5-1-2-6(9)8-4-5/h5H,1-4,7H2,(H,8,9). The topological polar surface area (TPSA) is 55.1 Å². The third-order valence-corrected chi connectivity index (χ3v) is 1.70. The second-order valence-corrected chi connectivity index (χ2v) is 2.44. The molecule has 0 saturated carbocycles. The van der Waals surface area contributed by atoms with Crippen LogP contribution in [0.4, 0.5) is 0 Å². The molecule has 3 nitrogen and oxygen atoms in total. The van der Waals surface area contributed by atoms with Crippen molar-refractivity contribution < 1.29 is 4.79 Å². The maximum Gasteiger partial charge on any atom is 0.220 e. The Kier molecular flexibility index (Phi) is 2.05. The number of amides is 1. The zero-order chi connectivity index (χ0) is 6.69. The van der Waals surface area contributed by atoms with Crippen molar-refractivity contribution in [1.29, 1.82) is 0 Å². The monoisotopic (exact) mass is 128 g/mol. The van der Waals surface area contributed by atoms with Gasteiger partial charge in [0.15, 0.2) is 0 Å². The van der Waals surface area contributed by atoms with Gasteiger partial charge in [-0.15, -0.1) is 0 Å². The molecule has 0 bridgehead atoms. The summed E-state index contributed by atoms with van der Waals surface area (Å²) in [6, 6.07) is 0. The minimum atomic E-state index is 0.166. The Bertz CT molecular complexity index is 104. The zero-order valence-electron chi connectivity index (χ0n) is 5.39. The van der Waals surface area contributed by atoms with Gasteiger partial charge in [-0.3, -0.25) is 4.79 Å². The molecule has 52 valence electrons. The molecule has 1 saturated heterocycles. The van der Waals surface area contributed by atoms with Crippen LogP contribution >= 0.6 is 0 Å². The molecule has 1 rings (SSSR count). The second kappa shape index (κ2) is 2.82. The molecule has 3 heteroatoms. The van der Waals surface area contributed by atoms with Gasteiger partial charge in [-0.1, -0.05) is 0 Å². The molecule has 1 atom stereocenters. The van der Waals surface area contributed by atoms with Crippen LogP contribution in [0.25, 0.3) is 0 Å². The van der Waals surface area contributed by atoms with Crippen molar-refractivity contribution in [2.45, 2.75) is 12.8 Å². The lowest BCUT2D eigenvalue weighted by atomic mass is 10.00. The van der Waals surface area contributed by atoms with Crippen LogP contribution in [0.2, 0.25) is 0 Å². The van der Waals surface area contributed by atoms with E-state index in [1.807, 2.05) is 0 Å². The van der Waals surface area contributed by atoms with Gasteiger partial charge in [-0.05, 0) is 18.9 Å². The number of carbonyl (C=O) groups excluding carboxylic acids is 1. The highest BCUT2D eigenvalue weighted by Crippen LogP contribution is 2.07. The van der Waals surface area contributed by atoms with E-state index in [1.165, 1.54) is 0 Å². The van der Waals surface area contributed by atoms with Crippen LogP contribution in [-0.2, 0) is 4.79 Å². The van der Waals surface area contributed by atoms with Crippen LogP contribution in [0.3, 0.4) is 0 Å². The third kappa shape index (κ3) is 1.68. The van der Waals surface area contributed by atoms with Gasteiger partial charge in [-0.25, -0.2) is 0 Å². The first-order valence-electron chi connectivity index (χ1n) is 3.29. The summed E-state index contributed by atoms with van der Waals surface area (Å²) in [6.45, 7) is 1.47. The zero-order valence-corrected chi connectivity index (χ0v) is 5.39. The summed E-state index contributed by atoms with van der Waals surface area (Å²) in [5, 5.41) is 2.76. The van der Waals surface area contributed by atoms with Crippen molar-refractivity contribution >= 4 is 5.91 Å². The number of carbonyl (C=O) groups is 1. The van der Waals surface area contributed by atoms with Gasteiger partial charge in [0.1, 0.15) is 0 Å². The second-order valence-electron chi connectivity index (χ2n) is 2.44. The summed E-state index contributed by atoms with van der Waals surface area (Å²) in [4.78, 5) is 10.6. The molecule has 0 spiro atoms. The van der Waals surface area contributed by atoms with E-state index in [4.69, 9.17) is 5.73 Å². The first kappa shape index (κ1) is 6.55. The molecular weight excluding hydrogens is 116 g/mol. The Morgan fingerprint density at radius 3 is 3.00 bits per heavy atom. The summed E-state index contributed by atoms with van der Waals surface area (Å²) in [5.41, 5.74) is 5.40. The van der Waals surface area contributed by atoms with Crippen molar-refractivity contribution in [2.24, 2.45) is 11.7 Å². The average molecular weight is 128 g/mol. The van der Waals surface area contributed by atoms with Crippen molar-refractivity contribution in [2.75, 3.05) is 13.1 Å². The molecule has 0 aromatic heterocycles. The molecule has 1 amide bonds. The van der Waals surface area contributed by atoms with Gasteiger partial charge < -0.3 is 11.1 Å². The SMILES string of the molecule is NCC1CCC(=O)NC1. The summed E-state index contributed by atoms with van der Waals surface area (Å²) in [6.07, 6.45) is 1.62. The van der Waals surface area contributed by atoms with Crippen molar-refractivity contribution in [3.05, 3.63) is 0 Å². The van der Waals surface area contributed by atoms with E-state index in [-0.39, 0.29) is 5.91 Å². The van der Waals surface area contributed by atoms with Crippen LogP contribution in [0.1, 0.15) is 12.8 Å². The molecule has 1 aliphatic heterocycles. The molecule has 0 radical (unpaired) electrons. The first-order chi connectivity index (χ1) is 4.33. The number of nitrogens with one attached hydrogen (secondary N) is 1. The highest BCUT2D eigenvalue weighted by atomic mass is 16.1. The molecule has 0 aromatic carbocycles. The van der Waals surface area contributed by atoms with Crippen LogP contribution in [0, 0.1) is 5.92 Å². The van der Waals surface area contributed by atoms with E-state index in [9.17, 15) is 4.79 Å². The average Bonchev–Trinajstić information content (AvgIpc) is 1.90. The fourth-order valence-electron chi connectivity index (χ4n) is 0.985. The molecule has 1 aliphatic rings. The number of rotatable bonds is 1. The van der Waals surface area contributed by atoms with Gasteiger partial charge in [0.25, 0.3) is 0 Å². The largest absolute Gasteiger partial charge is 0.356 e. The van der Waals surface area contributed by atoms with Gasteiger partial charge in [0.2, 0.25) is 5.91 Å². The lowest BCUT2D eigenvalue weighted by Gasteiger charge is -2.19. The molecular formula is C6H12N2O. The quantitative estimate of drug-likeness (QED) is 0.499. The fraction of sp³-hybridized carbons (Fsp3) is 0.833. The van der Waals surface area contributed by atoms with Gasteiger partial charge >= 0.3 is 0 Å². The van der Waals surface area contributed by atoms with Gasteiger partial charge in [-0.2, -0.15) is 0 Å². The lowest BCUT2D eigenvalue weighted by molar-refractivity contribution is -0.122. The Hall–Kier alpha value is -0.570. The Morgan fingerprint density at radius 2 is 2.56 bits per heavy atom. The molecule has 1 fully saturated rings. The van der Waals surface area contributed by atoms with Crippen molar-refractivity contribution in [1.82, 2.24) is 5.32 Å². The smallest absolute Gasteiger partial charge is 0.220 e. The van der Waals surface area contributed by atoms with Crippen LogP contribution in [-0.4, -0.2) is 19.0 Å². The summed E-state index contributed by atoms with van der Waals surface area (Å²) < 4.78 is 0. The number of hydrogen-bond acceptors (Lipinski definition) is 2. The Balaban J connectivity index is 2.26. The maximum absolute atomic E-state index is 10.6. The maximum atomic E-state index is 10.6. The highest BCUT2D eigenvalue weighted by molar-refractivity contribution is 5.76. The van der Waals surface area contributed by atoms with Crippen LogP contribution < -0.4 is 11.1 Å². The fourth-order valence-corrected chi connectivity index (χ4v) is 0.985. The van der Waals surface area contributed by atoms with E-state index in [0.717, 1.165) is 13.0 Å². The van der Waals surface area contributed by atoms with Gasteiger partial charge in [0.05, 0.1) is 0 Å². The van der Waals surface area contributed by atoms with Crippen molar-refractivity contribution in [3.8, 4) is 0 Å². The van der Waals surface area contributed by atoms with E-state index in [2.05, 4.69) is 5.32 Å². The van der Waals surface area contributed by atoms with Crippen LogP contribution in [0.15, 0.2) is 0 Å². The normalized spacial score (nSPS) is 27.7.